The summed E-state index contributed by atoms with van der Waals surface area (Å²) in [5.41, 5.74) is 0. The van der Waals surface area contributed by atoms with Crippen molar-refractivity contribution in [3.05, 3.63) is 0 Å². The van der Waals surface area contributed by atoms with Crippen molar-refractivity contribution in [2.45, 2.75) is 20.3 Å². The average molecular weight is 127 g/mol. The summed E-state index contributed by atoms with van der Waals surface area (Å²) < 4.78 is 0. The zero-order chi connectivity index (χ0) is 6.85. The Morgan fingerprint density at radius 2 is 2.22 bits per heavy atom. The van der Waals surface area contributed by atoms with E-state index in [1.807, 2.05) is 6.92 Å². The molecule has 0 radical (unpaired) electrons. The maximum atomic E-state index is 10.8. The molecular formula is C7H13NO. The summed E-state index contributed by atoms with van der Waals surface area (Å²) in [7, 11) is 0. The van der Waals surface area contributed by atoms with Crippen LogP contribution in [0.4, 0.5) is 0 Å². The largest absolute Gasteiger partial charge is 0.356 e. The fourth-order valence-corrected chi connectivity index (χ4v) is 1.24. The van der Waals surface area contributed by atoms with E-state index in [1.54, 1.807) is 0 Å². The van der Waals surface area contributed by atoms with E-state index < -0.39 is 0 Å². The van der Waals surface area contributed by atoms with E-state index in [1.165, 1.54) is 0 Å². The number of nitrogens with one attached hydrogen (secondary N) is 1. The number of piperidine rings is 1. The molecule has 0 aliphatic carbocycles. The van der Waals surface area contributed by atoms with Gasteiger partial charge in [0.25, 0.3) is 0 Å². The van der Waals surface area contributed by atoms with Crippen LogP contribution in [-0.2, 0) is 4.79 Å². The van der Waals surface area contributed by atoms with Gasteiger partial charge in [-0.05, 0) is 12.3 Å². The molecule has 2 nitrogen and oxygen atoms in total. The van der Waals surface area contributed by atoms with Gasteiger partial charge in [0.15, 0.2) is 0 Å². The lowest BCUT2D eigenvalue weighted by atomic mass is 9.93. The fourth-order valence-electron chi connectivity index (χ4n) is 1.24. The SMILES string of the molecule is CC1CNC(=O)C(C)C1. The predicted molar refractivity (Wildman–Crippen MR) is 36.0 cm³/mol. The molecule has 0 aromatic heterocycles. The minimum atomic E-state index is 0.216. The first-order valence-electron chi connectivity index (χ1n) is 3.48. The van der Waals surface area contributed by atoms with Gasteiger partial charge in [0.1, 0.15) is 0 Å². The van der Waals surface area contributed by atoms with Crippen LogP contribution in [0.2, 0.25) is 0 Å². The first kappa shape index (κ1) is 6.59. The smallest absolute Gasteiger partial charge is 0.222 e. The van der Waals surface area contributed by atoms with Crippen molar-refractivity contribution in [3.8, 4) is 0 Å². The van der Waals surface area contributed by atoms with Crippen molar-refractivity contribution in [2.75, 3.05) is 6.54 Å². The van der Waals surface area contributed by atoms with Crippen LogP contribution in [0.5, 0.6) is 0 Å². The Hall–Kier alpha value is -0.530. The van der Waals surface area contributed by atoms with E-state index in [-0.39, 0.29) is 11.8 Å². The van der Waals surface area contributed by atoms with Gasteiger partial charge in [-0.15, -0.1) is 0 Å². The van der Waals surface area contributed by atoms with Gasteiger partial charge in [-0.25, -0.2) is 0 Å². The van der Waals surface area contributed by atoms with E-state index in [0.717, 1.165) is 13.0 Å². The lowest BCUT2D eigenvalue weighted by Crippen LogP contribution is -2.39. The van der Waals surface area contributed by atoms with Crippen LogP contribution >= 0.6 is 0 Å². The van der Waals surface area contributed by atoms with Gasteiger partial charge in [0.2, 0.25) is 5.91 Å². The van der Waals surface area contributed by atoms with Crippen molar-refractivity contribution in [3.63, 3.8) is 0 Å². The van der Waals surface area contributed by atoms with E-state index in [9.17, 15) is 4.79 Å². The minimum absolute atomic E-state index is 0.216. The fraction of sp³-hybridized carbons (Fsp3) is 0.857. The number of carbonyl (C=O) groups is 1. The van der Waals surface area contributed by atoms with Crippen molar-refractivity contribution in [1.82, 2.24) is 5.32 Å². The van der Waals surface area contributed by atoms with Crippen LogP contribution in [-0.4, -0.2) is 12.5 Å². The highest BCUT2D eigenvalue weighted by atomic mass is 16.1. The van der Waals surface area contributed by atoms with E-state index in [2.05, 4.69) is 12.2 Å². The van der Waals surface area contributed by atoms with Crippen molar-refractivity contribution in [2.24, 2.45) is 11.8 Å². The molecule has 1 aliphatic heterocycles. The molecule has 1 aliphatic rings. The Balaban J connectivity index is 2.44. The summed E-state index contributed by atoms with van der Waals surface area (Å²) in [5, 5.41) is 2.84. The highest BCUT2D eigenvalue weighted by Crippen LogP contribution is 2.15. The molecule has 0 spiro atoms. The summed E-state index contributed by atoms with van der Waals surface area (Å²) in [5.74, 6) is 1.11. The highest BCUT2D eigenvalue weighted by Gasteiger charge is 2.21. The second kappa shape index (κ2) is 2.38. The lowest BCUT2D eigenvalue weighted by molar-refractivity contribution is -0.126. The number of hydrogen-bond donors (Lipinski definition) is 1. The molecule has 0 bridgehead atoms. The Kier molecular flexibility index (Phi) is 1.74. The summed E-state index contributed by atoms with van der Waals surface area (Å²) in [6.45, 7) is 5.00. The third kappa shape index (κ3) is 1.44. The molecule has 2 unspecified atom stereocenters. The van der Waals surface area contributed by atoms with Gasteiger partial charge in [-0.1, -0.05) is 13.8 Å². The standard InChI is InChI=1S/C7H13NO/c1-5-3-6(2)7(9)8-4-5/h5-6H,3-4H2,1-2H3,(H,8,9). The Morgan fingerprint density at radius 3 is 2.67 bits per heavy atom. The van der Waals surface area contributed by atoms with Crippen LogP contribution in [0.3, 0.4) is 0 Å². The third-order valence-corrected chi connectivity index (χ3v) is 1.83. The molecule has 52 valence electrons. The zero-order valence-corrected chi connectivity index (χ0v) is 5.98. The Bertz CT molecular complexity index is 122. The van der Waals surface area contributed by atoms with Crippen LogP contribution in [0.25, 0.3) is 0 Å². The minimum Gasteiger partial charge on any atom is -0.356 e. The highest BCUT2D eigenvalue weighted by molar-refractivity contribution is 5.78. The number of rotatable bonds is 0. The molecule has 1 saturated heterocycles. The number of hydrogen-bond acceptors (Lipinski definition) is 1. The topological polar surface area (TPSA) is 29.1 Å². The van der Waals surface area contributed by atoms with Crippen LogP contribution in [0.15, 0.2) is 0 Å². The van der Waals surface area contributed by atoms with Crippen LogP contribution < -0.4 is 5.32 Å². The van der Waals surface area contributed by atoms with Gasteiger partial charge in [0.05, 0.1) is 0 Å². The average Bonchev–Trinajstić information content (AvgIpc) is 1.80. The van der Waals surface area contributed by atoms with E-state index >= 15 is 0 Å². The van der Waals surface area contributed by atoms with Gasteiger partial charge >= 0.3 is 0 Å². The molecule has 1 amide bonds. The number of carbonyl (C=O) groups excluding carboxylic acids is 1. The summed E-state index contributed by atoms with van der Waals surface area (Å²) in [4.78, 5) is 10.8. The van der Waals surface area contributed by atoms with E-state index in [0.29, 0.717) is 5.92 Å². The van der Waals surface area contributed by atoms with Crippen molar-refractivity contribution < 1.29 is 4.79 Å². The molecule has 1 heterocycles. The maximum absolute atomic E-state index is 10.8. The second-order valence-electron chi connectivity index (χ2n) is 2.99. The van der Waals surface area contributed by atoms with Crippen LogP contribution in [0.1, 0.15) is 20.3 Å². The maximum Gasteiger partial charge on any atom is 0.222 e. The molecule has 2 atom stereocenters. The van der Waals surface area contributed by atoms with Gasteiger partial charge in [-0.2, -0.15) is 0 Å². The molecule has 1 N–H and O–H groups in total. The normalized spacial score (nSPS) is 36.0. The first-order chi connectivity index (χ1) is 4.20. The summed E-state index contributed by atoms with van der Waals surface area (Å²) >= 11 is 0. The van der Waals surface area contributed by atoms with Gasteiger partial charge in [-0.3, -0.25) is 4.79 Å². The van der Waals surface area contributed by atoms with Crippen molar-refractivity contribution in [1.29, 1.82) is 0 Å². The van der Waals surface area contributed by atoms with E-state index in [4.69, 9.17) is 0 Å². The molecule has 1 fully saturated rings. The van der Waals surface area contributed by atoms with Gasteiger partial charge < -0.3 is 5.32 Å². The van der Waals surface area contributed by atoms with Crippen molar-refractivity contribution >= 4 is 5.91 Å². The Morgan fingerprint density at radius 1 is 1.56 bits per heavy atom. The second-order valence-corrected chi connectivity index (χ2v) is 2.99. The quantitative estimate of drug-likeness (QED) is 0.512. The first-order valence-corrected chi connectivity index (χ1v) is 3.48. The molecular weight excluding hydrogens is 114 g/mol. The molecule has 0 aromatic carbocycles. The van der Waals surface area contributed by atoms with Crippen LogP contribution in [0, 0.1) is 11.8 Å². The van der Waals surface area contributed by atoms with Gasteiger partial charge in [0, 0.05) is 12.5 Å². The zero-order valence-electron chi connectivity index (χ0n) is 5.98. The summed E-state index contributed by atoms with van der Waals surface area (Å²) in [6, 6.07) is 0. The lowest BCUT2D eigenvalue weighted by Gasteiger charge is -2.23. The molecule has 0 saturated carbocycles. The molecule has 0 aromatic rings. The number of amides is 1. The molecule has 2 heteroatoms. The monoisotopic (exact) mass is 127 g/mol. The third-order valence-electron chi connectivity index (χ3n) is 1.83. The molecule has 9 heavy (non-hydrogen) atoms. The predicted octanol–water partition coefficient (Wildman–Crippen LogP) is 0.778. The Labute approximate surface area is 55.6 Å². The summed E-state index contributed by atoms with van der Waals surface area (Å²) in [6.07, 6.45) is 1.05. The molecule has 1 rings (SSSR count).